The summed E-state index contributed by atoms with van der Waals surface area (Å²) >= 11 is 0. The highest BCUT2D eigenvalue weighted by molar-refractivity contribution is 6.09. The lowest BCUT2D eigenvalue weighted by Gasteiger charge is -2.11. The summed E-state index contributed by atoms with van der Waals surface area (Å²) in [6, 6.07) is 23.0. The highest BCUT2D eigenvalue weighted by atomic mass is 16.3. The van der Waals surface area contributed by atoms with Gasteiger partial charge in [0.15, 0.2) is 11.6 Å². The molecule has 196 valence electrons. The summed E-state index contributed by atoms with van der Waals surface area (Å²) in [5, 5.41) is 3.69. The van der Waals surface area contributed by atoms with Gasteiger partial charge in [-0.15, -0.1) is 0 Å². The van der Waals surface area contributed by atoms with Crippen LogP contribution >= 0.6 is 0 Å². The third-order valence-corrected chi connectivity index (χ3v) is 7.50. The number of fused-ring (bicyclic) bond motifs is 7. The summed E-state index contributed by atoms with van der Waals surface area (Å²) in [4.78, 5) is 14.5. The van der Waals surface area contributed by atoms with Crippen LogP contribution < -0.4 is 0 Å². The summed E-state index contributed by atoms with van der Waals surface area (Å²) in [5.74, 6) is 0.382. The van der Waals surface area contributed by atoms with Crippen molar-refractivity contribution in [1.82, 2.24) is 19.5 Å². The molecule has 0 aliphatic carbocycles. The van der Waals surface area contributed by atoms with Crippen molar-refractivity contribution in [2.24, 2.45) is 0 Å². The lowest BCUT2D eigenvalue weighted by molar-refractivity contribution is 0.669. The number of hydrogen-bond donors (Lipinski definition) is 0. The van der Waals surface area contributed by atoms with E-state index in [-0.39, 0.29) is 39.4 Å². The van der Waals surface area contributed by atoms with Crippen molar-refractivity contribution in [3.63, 3.8) is 0 Å². The molecule has 5 heteroatoms. The lowest BCUT2D eigenvalue weighted by Crippen LogP contribution is -2.06. The summed E-state index contributed by atoms with van der Waals surface area (Å²) < 4.78 is 76.8. The molecular formula is C37H22N4O. The fourth-order valence-corrected chi connectivity index (χ4v) is 5.54. The first-order chi connectivity index (χ1) is 24.1. The molecule has 0 amide bonds. The molecule has 0 aliphatic heterocycles. The Balaban J connectivity index is 1.41. The van der Waals surface area contributed by atoms with Crippen LogP contribution in [0.25, 0.3) is 83.2 Å². The smallest absolute Gasteiger partial charge is 0.238 e. The molecule has 0 spiro atoms. The quantitative estimate of drug-likeness (QED) is 0.221. The molecule has 0 saturated heterocycles. The largest absolute Gasteiger partial charge is 0.456 e. The van der Waals surface area contributed by atoms with Gasteiger partial charge in [0, 0.05) is 32.7 Å². The van der Waals surface area contributed by atoms with Crippen LogP contribution in [0, 0.1) is 0 Å². The number of furan rings is 1. The summed E-state index contributed by atoms with van der Waals surface area (Å²) in [5.41, 5.74) is 2.40. The van der Waals surface area contributed by atoms with Crippen LogP contribution in [0.5, 0.6) is 0 Å². The number of nitrogens with zero attached hydrogens (tertiary/aromatic N) is 4. The molecule has 9 aromatic rings. The van der Waals surface area contributed by atoms with E-state index in [0.717, 1.165) is 27.1 Å². The fourth-order valence-electron chi connectivity index (χ4n) is 5.54. The summed E-state index contributed by atoms with van der Waals surface area (Å²) in [7, 11) is 0. The average Bonchev–Trinajstić information content (AvgIpc) is 3.70. The van der Waals surface area contributed by atoms with E-state index in [2.05, 4.69) is 0 Å². The molecule has 0 aliphatic rings. The van der Waals surface area contributed by atoms with Crippen molar-refractivity contribution in [3.05, 3.63) is 133 Å². The average molecular weight is 547 g/mol. The molecule has 0 unspecified atom stereocenters. The van der Waals surface area contributed by atoms with E-state index >= 15 is 0 Å². The van der Waals surface area contributed by atoms with Crippen LogP contribution in [-0.4, -0.2) is 19.5 Å². The minimum Gasteiger partial charge on any atom is -0.456 e. The lowest BCUT2D eigenvalue weighted by atomic mass is 10.1. The summed E-state index contributed by atoms with van der Waals surface area (Å²) in [6.07, 6.45) is 0. The molecule has 0 atom stereocenters. The maximum absolute atomic E-state index is 8.95. The van der Waals surface area contributed by atoms with E-state index in [0.29, 0.717) is 16.7 Å². The van der Waals surface area contributed by atoms with Crippen LogP contribution in [0.4, 0.5) is 0 Å². The Morgan fingerprint density at radius 2 is 1.14 bits per heavy atom. The third kappa shape index (κ3) is 3.47. The van der Waals surface area contributed by atoms with Crippen LogP contribution in [0.2, 0.25) is 0 Å². The number of hydrogen-bond acceptors (Lipinski definition) is 4. The topological polar surface area (TPSA) is 56.7 Å². The Bertz CT molecular complexity index is 2860. The van der Waals surface area contributed by atoms with Gasteiger partial charge in [-0.25, -0.2) is 4.98 Å². The maximum atomic E-state index is 8.95. The molecule has 3 heterocycles. The molecule has 0 radical (unpaired) electrons. The van der Waals surface area contributed by atoms with Crippen LogP contribution in [-0.2, 0) is 0 Å². The minimum atomic E-state index is -0.527. The van der Waals surface area contributed by atoms with Crippen LogP contribution in [0.3, 0.4) is 0 Å². The van der Waals surface area contributed by atoms with Crippen molar-refractivity contribution in [2.75, 3.05) is 0 Å². The van der Waals surface area contributed by atoms with E-state index in [1.807, 2.05) is 84.9 Å². The minimum absolute atomic E-state index is 0.0593. The molecule has 0 bridgehead atoms. The van der Waals surface area contributed by atoms with Gasteiger partial charge < -0.3 is 4.42 Å². The Morgan fingerprint density at radius 1 is 0.524 bits per heavy atom. The molecule has 0 fully saturated rings. The van der Waals surface area contributed by atoms with Gasteiger partial charge in [0.1, 0.15) is 11.2 Å². The normalized spacial score (nSPS) is 14.5. The second kappa shape index (κ2) is 8.85. The fraction of sp³-hybridized carbons (Fsp3) is 0. The van der Waals surface area contributed by atoms with Gasteiger partial charge in [-0.05, 0) is 47.1 Å². The first-order valence-electron chi connectivity index (χ1n) is 17.3. The summed E-state index contributed by atoms with van der Waals surface area (Å²) in [6.45, 7) is 0. The Hall–Kier alpha value is -5.81. The predicted molar refractivity (Wildman–Crippen MR) is 170 cm³/mol. The first kappa shape index (κ1) is 16.5. The van der Waals surface area contributed by atoms with Gasteiger partial charge in [0.25, 0.3) is 0 Å². The second-order valence-electron chi connectivity index (χ2n) is 9.94. The zero-order chi connectivity index (χ0) is 34.6. The molecule has 0 saturated carbocycles. The first-order valence-corrected chi connectivity index (χ1v) is 13.3. The van der Waals surface area contributed by atoms with Crippen molar-refractivity contribution in [1.29, 1.82) is 0 Å². The second-order valence-corrected chi connectivity index (χ2v) is 9.94. The van der Waals surface area contributed by atoms with Crippen molar-refractivity contribution in [3.8, 4) is 28.7 Å². The maximum Gasteiger partial charge on any atom is 0.238 e. The number of aromatic nitrogens is 4. The molecular weight excluding hydrogens is 516 g/mol. The van der Waals surface area contributed by atoms with Gasteiger partial charge in [-0.3, -0.25) is 4.57 Å². The number of para-hydroxylation sites is 3. The molecule has 9 rings (SSSR count). The van der Waals surface area contributed by atoms with Crippen molar-refractivity contribution >= 4 is 54.5 Å². The molecule has 42 heavy (non-hydrogen) atoms. The van der Waals surface area contributed by atoms with E-state index < -0.39 is 48.3 Å². The van der Waals surface area contributed by atoms with Gasteiger partial charge in [0.2, 0.25) is 5.95 Å². The van der Waals surface area contributed by atoms with Crippen molar-refractivity contribution < 1.29 is 15.4 Å². The van der Waals surface area contributed by atoms with Crippen molar-refractivity contribution in [2.45, 2.75) is 0 Å². The zero-order valence-electron chi connectivity index (χ0n) is 29.8. The SMILES string of the molecule is [2H]c1c([2H])c([2H])c2c(c1[2H])c1c([2H])c([2H])c([2H])c([2H])c1n2-c1nc(-c2ccc3ccccc3c2)nc(-c2ccc3c(c2)oc2ccccc23)n1. The highest BCUT2D eigenvalue weighted by Crippen LogP contribution is 2.34. The Labute approximate surface area is 251 Å². The molecule has 6 aromatic carbocycles. The van der Waals surface area contributed by atoms with Crippen LogP contribution in [0.1, 0.15) is 11.0 Å². The van der Waals surface area contributed by atoms with Gasteiger partial charge >= 0.3 is 0 Å². The third-order valence-electron chi connectivity index (χ3n) is 7.50. The standard InChI is InChI=1S/C37H22N4O/c1-2-10-24-21-25(18-17-23(24)9-1)35-38-36(26-19-20-30-29-13-5-8-16-33(29)42-34(30)22-26)40-37(39-35)41-31-14-6-3-11-27(31)28-12-4-7-15-32(28)41/h1-22H/i3D,4D,6D,7D,11D,12D,14D,15D. The van der Waals surface area contributed by atoms with E-state index in [1.165, 1.54) is 4.57 Å². The van der Waals surface area contributed by atoms with E-state index in [9.17, 15) is 0 Å². The molecule has 5 nitrogen and oxygen atoms in total. The van der Waals surface area contributed by atoms with E-state index in [1.54, 1.807) is 0 Å². The van der Waals surface area contributed by atoms with Gasteiger partial charge in [-0.2, -0.15) is 9.97 Å². The Morgan fingerprint density at radius 3 is 1.93 bits per heavy atom. The molecule has 0 N–H and O–H groups in total. The highest BCUT2D eigenvalue weighted by Gasteiger charge is 2.18. The zero-order valence-corrected chi connectivity index (χ0v) is 21.8. The van der Waals surface area contributed by atoms with Gasteiger partial charge in [0.05, 0.1) is 22.0 Å². The number of benzene rings is 6. The number of rotatable bonds is 3. The van der Waals surface area contributed by atoms with Crippen LogP contribution in [0.15, 0.2) is 138 Å². The van der Waals surface area contributed by atoms with Gasteiger partial charge in [-0.1, -0.05) is 96.9 Å². The Kier molecular flexibility index (Phi) is 3.47. The molecule has 3 aromatic heterocycles. The monoisotopic (exact) mass is 546 g/mol. The predicted octanol–water partition coefficient (Wildman–Crippen LogP) is 9.36. The van der Waals surface area contributed by atoms with E-state index in [4.69, 9.17) is 30.3 Å².